The minimum atomic E-state index is -3.94. The van der Waals surface area contributed by atoms with E-state index in [1.807, 2.05) is 0 Å². The molecule has 0 aliphatic heterocycles. The average Bonchev–Trinajstić information content (AvgIpc) is 3.25. The van der Waals surface area contributed by atoms with Gasteiger partial charge in [0.2, 0.25) is 5.78 Å². The van der Waals surface area contributed by atoms with Crippen LogP contribution in [0.1, 0.15) is 33.4 Å². The summed E-state index contributed by atoms with van der Waals surface area (Å²) in [4.78, 5) is 23.8. The number of aromatic nitrogens is 2. The Morgan fingerprint density at radius 3 is 2.52 bits per heavy atom. The number of rotatable bonds is 7. The van der Waals surface area contributed by atoms with Gasteiger partial charge >= 0.3 is 11.9 Å². The number of aromatic hydroxyl groups is 1. The first-order valence-electron chi connectivity index (χ1n) is 8.53. The lowest BCUT2D eigenvalue weighted by Crippen LogP contribution is -2.32. The number of aromatic carboxylic acids is 1. The number of carbonyl (C=O) groups excluding carboxylic acids is 1. The summed E-state index contributed by atoms with van der Waals surface area (Å²) in [6.07, 6.45) is -0.0928. The van der Waals surface area contributed by atoms with E-state index in [0.717, 1.165) is 6.20 Å². The van der Waals surface area contributed by atoms with Crippen LogP contribution in [0.5, 0.6) is 5.75 Å². The second kappa shape index (κ2) is 7.38. The topological polar surface area (TPSA) is 132 Å². The highest BCUT2D eigenvalue weighted by Gasteiger charge is 2.43. The van der Waals surface area contributed by atoms with E-state index in [1.165, 1.54) is 34.9 Å². The molecule has 29 heavy (non-hydrogen) atoms. The van der Waals surface area contributed by atoms with Gasteiger partial charge in [0.05, 0.1) is 12.0 Å². The molecule has 0 bridgehead atoms. The number of alkyl halides is 2. The number of phenolic OH excluding ortho intramolecular Hbond substituents is 1. The third-order valence-corrected chi connectivity index (χ3v) is 4.37. The molecular formula is C19H17F2N3O5. The molecule has 0 spiro atoms. The van der Waals surface area contributed by atoms with Crippen molar-refractivity contribution in [2.75, 3.05) is 5.73 Å². The van der Waals surface area contributed by atoms with Crippen molar-refractivity contribution in [2.24, 2.45) is 0 Å². The van der Waals surface area contributed by atoms with Gasteiger partial charge in [-0.2, -0.15) is 8.78 Å². The van der Waals surface area contributed by atoms with E-state index in [9.17, 15) is 28.6 Å². The van der Waals surface area contributed by atoms with Crippen LogP contribution in [0.15, 0.2) is 41.1 Å². The molecule has 8 nitrogen and oxygen atoms in total. The molecule has 2 aromatic heterocycles. The predicted molar refractivity (Wildman–Crippen MR) is 98.1 cm³/mol. The van der Waals surface area contributed by atoms with Crippen LogP contribution in [0.3, 0.4) is 0 Å². The minimum absolute atomic E-state index is 0.0297. The third-order valence-electron chi connectivity index (χ3n) is 4.37. The molecule has 0 aliphatic rings. The van der Waals surface area contributed by atoms with Gasteiger partial charge in [0.15, 0.2) is 0 Å². The van der Waals surface area contributed by atoms with Crippen molar-refractivity contribution in [3.63, 3.8) is 0 Å². The number of nitrogen functional groups attached to an aromatic ring is 1. The van der Waals surface area contributed by atoms with E-state index in [2.05, 4.69) is 5.16 Å². The molecule has 152 valence electrons. The molecule has 4 N–H and O–H groups in total. The SMILES string of the molecule is CCn1cc(C(=O)C(F)(F)Cc2cc(-c3ccc(O)cc3)no2)c(C(=O)O)c1N. The van der Waals surface area contributed by atoms with Gasteiger partial charge in [-0.05, 0) is 31.2 Å². The first-order chi connectivity index (χ1) is 13.6. The highest BCUT2D eigenvalue weighted by molar-refractivity contribution is 6.11. The first-order valence-corrected chi connectivity index (χ1v) is 8.53. The number of benzene rings is 1. The number of anilines is 1. The average molecular weight is 405 g/mol. The maximum absolute atomic E-state index is 14.6. The quantitative estimate of drug-likeness (QED) is 0.514. The lowest BCUT2D eigenvalue weighted by molar-refractivity contribution is 0.00679. The minimum Gasteiger partial charge on any atom is -0.508 e. The molecule has 3 rings (SSSR count). The van der Waals surface area contributed by atoms with Gasteiger partial charge in [-0.3, -0.25) is 4.79 Å². The van der Waals surface area contributed by atoms with Crippen molar-refractivity contribution in [1.82, 2.24) is 9.72 Å². The standard InChI is InChI=1S/C19H17F2N3O5/c1-2-24-9-13(15(17(24)22)18(27)28)16(26)19(20,21)8-12-7-14(23-29-12)10-3-5-11(25)6-4-10/h3-7,9,25H,2,8,22H2,1H3,(H,27,28). The molecule has 0 aliphatic carbocycles. The Kier molecular flexibility index (Phi) is 5.10. The van der Waals surface area contributed by atoms with Crippen molar-refractivity contribution >= 4 is 17.6 Å². The van der Waals surface area contributed by atoms with Gasteiger partial charge in [-0.15, -0.1) is 0 Å². The molecule has 0 unspecified atom stereocenters. The predicted octanol–water partition coefficient (Wildman–Crippen LogP) is 3.21. The van der Waals surface area contributed by atoms with Crippen LogP contribution in [0, 0.1) is 0 Å². The third kappa shape index (κ3) is 3.82. The number of carbonyl (C=O) groups is 2. The number of nitrogens with two attached hydrogens (primary N) is 1. The second-order valence-corrected chi connectivity index (χ2v) is 6.33. The number of phenols is 1. The van der Waals surface area contributed by atoms with Crippen LogP contribution >= 0.6 is 0 Å². The van der Waals surface area contributed by atoms with Crippen molar-refractivity contribution in [2.45, 2.75) is 25.8 Å². The van der Waals surface area contributed by atoms with Crippen LogP contribution in [0.4, 0.5) is 14.6 Å². The van der Waals surface area contributed by atoms with Gasteiger partial charge in [0, 0.05) is 24.4 Å². The number of Topliss-reactive ketones (excluding diaryl/α,β-unsaturated/α-hetero) is 1. The van der Waals surface area contributed by atoms with Gasteiger partial charge < -0.3 is 25.0 Å². The summed E-state index contributed by atoms with van der Waals surface area (Å²) < 4.78 is 35.4. The molecule has 0 radical (unpaired) electrons. The molecule has 0 amide bonds. The van der Waals surface area contributed by atoms with Gasteiger partial charge in [0.25, 0.3) is 0 Å². The largest absolute Gasteiger partial charge is 0.508 e. The van der Waals surface area contributed by atoms with Crippen LogP contribution in [0.25, 0.3) is 11.3 Å². The fourth-order valence-corrected chi connectivity index (χ4v) is 2.89. The van der Waals surface area contributed by atoms with Crippen LogP contribution in [-0.2, 0) is 13.0 Å². The number of ketones is 1. The second-order valence-electron chi connectivity index (χ2n) is 6.33. The molecule has 0 saturated carbocycles. The number of carboxylic acid groups (broad SMARTS) is 1. The van der Waals surface area contributed by atoms with Crippen molar-refractivity contribution < 1.29 is 33.1 Å². The summed E-state index contributed by atoms with van der Waals surface area (Å²) >= 11 is 0. The number of hydrogen-bond donors (Lipinski definition) is 3. The molecular weight excluding hydrogens is 388 g/mol. The van der Waals surface area contributed by atoms with Crippen molar-refractivity contribution in [1.29, 1.82) is 0 Å². The molecule has 3 aromatic rings. The molecule has 10 heteroatoms. The Labute approximate surface area is 163 Å². The van der Waals surface area contributed by atoms with E-state index < -0.39 is 35.2 Å². The van der Waals surface area contributed by atoms with Crippen molar-refractivity contribution in [3.8, 4) is 17.0 Å². The highest BCUT2D eigenvalue weighted by atomic mass is 19.3. The lowest BCUT2D eigenvalue weighted by Gasteiger charge is -2.12. The number of aryl methyl sites for hydroxylation is 1. The zero-order valence-corrected chi connectivity index (χ0v) is 15.2. The van der Waals surface area contributed by atoms with Gasteiger partial charge in [0.1, 0.15) is 28.6 Å². The Hall–Kier alpha value is -3.69. The van der Waals surface area contributed by atoms with Crippen LogP contribution in [0.2, 0.25) is 0 Å². The van der Waals surface area contributed by atoms with Gasteiger partial charge in [-0.25, -0.2) is 4.79 Å². The zero-order valence-electron chi connectivity index (χ0n) is 15.2. The van der Waals surface area contributed by atoms with E-state index in [-0.39, 0.29) is 29.6 Å². The molecule has 0 saturated heterocycles. The summed E-state index contributed by atoms with van der Waals surface area (Å²) in [7, 11) is 0. The normalized spacial score (nSPS) is 11.6. The van der Waals surface area contributed by atoms with Crippen LogP contribution < -0.4 is 5.73 Å². The van der Waals surface area contributed by atoms with E-state index in [1.54, 1.807) is 6.92 Å². The Bertz CT molecular complexity index is 1070. The maximum Gasteiger partial charge on any atom is 0.340 e. The molecule has 1 aromatic carbocycles. The summed E-state index contributed by atoms with van der Waals surface area (Å²) in [6.45, 7) is 1.84. The molecule has 0 atom stereocenters. The monoisotopic (exact) mass is 405 g/mol. The van der Waals surface area contributed by atoms with E-state index in [0.29, 0.717) is 5.56 Å². The number of nitrogens with zero attached hydrogens (tertiary/aromatic N) is 2. The summed E-state index contributed by atoms with van der Waals surface area (Å²) in [5.41, 5.74) is 5.11. The number of halogens is 2. The van der Waals surface area contributed by atoms with Crippen LogP contribution in [-0.4, -0.2) is 37.6 Å². The fraction of sp³-hybridized carbons (Fsp3) is 0.211. The smallest absolute Gasteiger partial charge is 0.340 e. The number of hydrogen-bond acceptors (Lipinski definition) is 6. The summed E-state index contributed by atoms with van der Waals surface area (Å²) in [5, 5.41) is 22.3. The Morgan fingerprint density at radius 2 is 1.93 bits per heavy atom. The van der Waals surface area contributed by atoms with Crippen molar-refractivity contribution in [3.05, 3.63) is 53.4 Å². The highest BCUT2D eigenvalue weighted by Crippen LogP contribution is 2.31. The molecule has 2 heterocycles. The number of carboxylic acids is 1. The first kappa shape index (κ1) is 20.1. The van der Waals surface area contributed by atoms with Gasteiger partial charge in [-0.1, -0.05) is 5.16 Å². The zero-order chi connectivity index (χ0) is 21.3. The van der Waals surface area contributed by atoms with E-state index >= 15 is 0 Å². The Morgan fingerprint density at radius 1 is 1.28 bits per heavy atom. The fourth-order valence-electron chi connectivity index (χ4n) is 2.89. The summed E-state index contributed by atoms with van der Waals surface area (Å²) in [6, 6.07) is 7.10. The maximum atomic E-state index is 14.6. The van der Waals surface area contributed by atoms with E-state index in [4.69, 9.17) is 10.3 Å². The lowest BCUT2D eigenvalue weighted by atomic mass is 10.0. The Balaban J connectivity index is 1.87. The summed E-state index contributed by atoms with van der Waals surface area (Å²) in [5.74, 6) is -7.68. The molecule has 0 fully saturated rings.